The Morgan fingerprint density at radius 2 is 2.03 bits per heavy atom. The summed E-state index contributed by atoms with van der Waals surface area (Å²) in [5.74, 6) is 0.750. The van der Waals surface area contributed by atoms with Crippen LogP contribution >= 0.6 is 0 Å². The molecule has 0 bridgehead atoms. The number of pyridine rings is 1. The molecular formula is C22H20F3N5O. The first-order valence-electron chi connectivity index (χ1n) is 10.1. The fraction of sp³-hybridized carbons (Fsp3) is 0.364. The minimum Gasteiger partial charge on any atom is -0.378 e. The molecule has 1 aliphatic rings. The summed E-state index contributed by atoms with van der Waals surface area (Å²) in [6.45, 7) is 2.60. The summed E-state index contributed by atoms with van der Waals surface area (Å²) >= 11 is 0. The number of benzene rings is 1. The van der Waals surface area contributed by atoms with Gasteiger partial charge < -0.3 is 9.30 Å². The molecule has 1 aromatic carbocycles. The SMILES string of the molecule is C[C@@H]1C[C@H](n2c(Cc3ccncn3)nc3cnc4ccc(C(F)(F)F)cc4c32)CCO1. The molecule has 9 heteroatoms. The molecule has 4 heterocycles. The van der Waals surface area contributed by atoms with Gasteiger partial charge in [0.05, 0.1) is 34.6 Å². The second-order valence-electron chi connectivity index (χ2n) is 7.86. The molecular weight excluding hydrogens is 407 g/mol. The van der Waals surface area contributed by atoms with Crippen LogP contribution in [0.4, 0.5) is 13.2 Å². The van der Waals surface area contributed by atoms with Crippen LogP contribution in [0.2, 0.25) is 0 Å². The van der Waals surface area contributed by atoms with E-state index < -0.39 is 11.7 Å². The standard InChI is InChI=1S/C22H20F3N5O/c1-13-8-16(5-7-31-13)30-20(10-15-4-6-26-12-28-15)29-19-11-27-18-3-2-14(22(23,24)25)9-17(18)21(19)30/h2-4,6,9,11-13,16H,5,7-8,10H2,1H3/t13-,16-/m1/s1. The average molecular weight is 427 g/mol. The van der Waals surface area contributed by atoms with Gasteiger partial charge in [-0.1, -0.05) is 0 Å². The number of nitrogens with zero attached hydrogens (tertiary/aromatic N) is 5. The van der Waals surface area contributed by atoms with Crippen LogP contribution in [-0.2, 0) is 17.3 Å². The number of aromatic nitrogens is 5. The normalized spacial score (nSPS) is 19.9. The fourth-order valence-corrected chi connectivity index (χ4v) is 4.31. The zero-order valence-electron chi connectivity index (χ0n) is 16.8. The monoisotopic (exact) mass is 427 g/mol. The Kier molecular flexibility index (Phi) is 4.85. The van der Waals surface area contributed by atoms with Gasteiger partial charge in [-0.05, 0) is 44.0 Å². The maximum Gasteiger partial charge on any atom is 0.416 e. The number of hydrogen-bond acceptors (Lipinski definition) is 5. The van der Waals surface area contributed by atoms with Crippen molar-refractivity contribution in [3.05, 3.63) is 60.1 Å². The largest absolute Gasteiger partial charge is 0.416 e. The fourth-order valence-electron chi connectivity index (χ4n) is 4.31. The van der Waals surface area contributed by atoms with Crippen LogP contribution in [0.15, 0.2) is 43.0 Å². The minimum atomic E-state index is -4.43. The summed E-state index contributed by atoms with van der Waals surface area (Å²) in [4.78, 5) is 17.4. The molecule has 1 aliphatic heterocycles. The highest BCUT2D eigenvalue weighted by molar-refractivity contribution is 6.02. The van der Waals surface area contributed by atoms with E-state index in [2.05, 4.69) is 19.5 Å². The van der Waals surface area contributed by atoms with Crippen LogP contribution < -0.4 is 0 Å². The lowest BCUT2D eigenvalue weighted by Gasteiger charge is -2.30. The van der Waals surface area contributed by atoms with Crippen LogP contribution in [0.3, 0.4) is 0 Å². The average Bonchev–Trinajstić information content (AvgIpc) is 3.12. The van der Waals surface area contributed by atoms with Gasteiger partial charge in [0.1, 0.15) is 17.7 Å². The zero-order valence-corrected chi connectivity index (χ0v) is 16.8. The summed E-state index contributed by atoms with van der Waals surface area (Å²) in [6.07, 6.45) is 2.36. The number of hydrogen-bond donors (Lipinski definition) is 0. The molecule has 5 rings (SSSR count). The summed E-state index contributed by atoms with van der Waals surface area (Å²) in [5, 5.41) is 0.452. The minimum absolute atomic E-state index is 0.0573. The molecule has 1 fully saturated rings. The summed E-state index contributed by atoms with van der Waals surface area (Å²) in [5.41, 5.74) is 1.87. The van der Waals surface area contributed by atoms with Crippen LogP contribution in [0.1, 0.15) is 42.9 Å². The van der Waals surface area contributed by atoms with Crippen molar-refractivity contribution in [2.45, 2.75) is 44.5 Å². The van der Waals surface area contributed by atoms with Crippen molar-refractivity contribution in [3.8, 4) is 0 Å². The first kappa shape index (κ1) is 19.9. The number of alkyl halides is 3. The van der Waals surface area contributed by atoms with E-state index in [1.54, 1.807) is 12.4 Å². The molecule has 31 heavy (non-hydrogen) atoms. The van der Waals surface area contributed by atoms with Crippen LogP contribution in [0.25, 0.3) is 21.9 Å². The van der Waals surface area contributed by atoms with E-state index in [9.17, 15) is 13.2 Å². The molecule has 0 spiro atoms. The van der Waals surface area contributed by atoms with Crippen molar-refractivity contribution in [2.24, 2.45) is 0 Å². The highest BCUT2D eigenvalue weighted by Crippen LogP contribution is 2.37. The number of fused-ring (bicyclic) bond motifs is 3. The van der Waals surface area contributed by atoms with Gasteiger partial charge in [0.25, 0.3) is 0 Å². The lowest BCUT2D eigenvalue weighted by Crippen LogP contribution is -2.26. The van der Waals surface area contributed by atoms with Gasteiger partial charge in [0, 0.05) is 30.7 Å². The lowest BCUT2D eigenvalue weighted by molar-refractivity contribution is -0.137. The van der Waals surface area contributed by atoms with Crippen LogP contribution in [0, 0.1) is 0 Å². The van der Waals surface area contributed by atoms with Crippen molar-refractivity contribution in [2.75, 3.05) is 6.61 Å². The van der Waals surface area contributed by atoms with Crippen molar-refractivity contribution >= 4 is 21.9 Å². The van der Waals surface area contributed by atoms with Gasteiger partial charge in [0.15, 0.2) is 0 Å². The third-order valence-corrected chi connectivity index (χ3v) is 5.72. The van der Waals surface area contributed by atoms with E-state index in [1.807, 2.05) is 13.0 Å². The molecule has 1 saturated heterocycles. The van der Waals surface area contributed by atoms with E-state index in [0.717, 1.165) is 30.4 Å². The molecule has 2 atom stereocenters. The molecule has 0 amide bonds. The van der Waals surface area contributed by atoms with Gasteiger partial charge >= 0.3 is 6.18 Å². The first-order chi connectivity index (χ1) is 14.9. The van der Waals surface area contributed by atoms with Gasteiger partial charge in [-0.3, -0.25) is 4.98 Å². The maximum absolute atomic E-state index is 13.4. The smallest absolute Gasteiger partial charge is 0.378 e. The molecule has 0 N–H and O–H groups in total. The molecule has 0 saturated carbocycles. The number of ether oxygens (including phenoxy) is 1. The highest BCUT2D eigenvalue weighted by atomic mass is 19.4. The van der Waals surface area contributed by atoms with E-state index in [0.29, 0.717) is 35.0 Å². The van der Waals surface area contributed by atoms with E-state index in [1.165, 1.54) is 18.5 Å². The topological polar surface area (TPSA) is 65.7 Å². The molecule has 160 valence electrons. The maximum atomic E-state index is 13.4. The Bertz CT molecular complexity index is 1240. The second kappa shape index (κ2) is 7.56. The van der Waals surface area contributed by atoms with Crippen molar-refractivity contribution in [1.82, 2.24) is 24.5 Å². The Balaban J connectivity index is 1.76. The lowest BCUT2D eigenvalue weighted by atomic mass is 10.0. The molecule has 0 radical (unpaired) electrons. The predicted molar refractivity (Wildman–Crippen MR) is 109 cm³/mol. The Labute approximate surface area is 176 Å². The highest BCUT2D eigenvalue weighted by Gasteiger charge is 2.32. The third kappa shape index (κ3) is 3.74. The summed E-state index contributed by atoms with van der Waals surface area (Å²) in [7, 11) is 0. The predicted octanol–water partition coefficient (Wildman–Crippen LogP) is 4.72. The second-order valence-corrected chi connectivity index (χ2v) is 7.86. The summed E-state index contributed by atoms with van der Waals surface area (Å²) < 4.78 is 48.1. The van der Waals surface area contributed by atoms with E-state index >= 15 is 0 Å². The van der Waals surface area contributed by atoms with Gasteiger partial charge in [0.2, 0.25) is 0 Å². The van der Waals surface area contributed by atoms with Gasteiger partial charge in [-0.25, -0.2) is 15.0 Å². The Morgan fingerprint density at radius 3 is 2.77 bits per heavy atom. The summed E-state index contributed by atoms with van der Waals surface area (Å²) in [6, 6.07) is 5.55. The van der Waals surface area contributed by atoms with Crippen molar-refractivity contribution in [3.63, 3.8) is 0 Å². The number of imidazole rings is 1. The van der Waals surface area contributed by atoms with Crippen LogP contribution in [-0.4, -0.2) is 37.2 Å². The van der Waals surface area contributed by atoms with Crippen LogP contribution in [0.5, 0.6) is 0 Å². The van der Waals surface area contributed by atoms with E-state index in [4.69, 9.17) is 9.72 Å². The molecule has 0 unspecified atom stereocenters. The van der Waals surface area contributed by atoms with Gasteiger partial charge in [-0.15, -0.1) is 0 Å². The first-order valence-corrected chi connectivity index (χ1v) is 10.1. The molecule has 6 nitrogen and oxygen atoms in total. The molecule has 3 aromatic heterocycles. The zero-order chi connectivity index (χ0) is 21.6. The van der Waals surface area contributed by atoms with E-state index in [-0.39, 0.29) is 12.1 Å². The Morgan fingerprint density at radius 1 is 1.16 bits per heavy atom. The quantitative estimate of drug-likeness (QED) is 0.473. The Hall–Kier alpha value is -3.07. The third-order valence-electron chi connectivity index (χ3n) is 5.72. The number of halogens is 3. The molecule has 4 aromatic rings. The van der Waals surface area contributed by atoms with Crippen molar-refractivity contribution in [1.29, 1.82) is 0 Å². The van der Waals surface area contributed by atoms with Crippen molar-refractivity contribution < 1.29 is 17.9 Å². The number of rotatable bonds is 3. The molecule has 0 aliphatic carbocycles. The van der Waals surface area contributed by atoms with Gasteiger partial charge in [-0.2, -0.15) is 13.2 Å².